The minimum absolute atomic E-state index is 0.403. The molecule has 3 heterocycles. The first-order valence-electron chi connectivity index (χ1n) is 4.96. The van der Waals surface area contributed by atoms with Crippen LogP contribution in [0.1, 0.15) is 0 Å². The molecule has 0 atom stereocenters. The van der Waals surface area contributed by atoms with E-state index in [0.717, 1.165) is 5.56 Å². The summed E-state index contributed by atoms with van der Waals surface area (Å²) in [5, 5.41) is 11.3. The van der Waals surface area contributed by atoms with Gasteiger partial charge in [-0.05, 0) is 18.2 Å². The maximum absolute atomic E-state index is 5.14. The van der Waals surface area contributed by atoms with E-state index in [9.17, 15) is 0 Å². The highest BCUT2D eigenvalue weighted by Gasteiger charge is 2.10. The fourth-order valence-electron chi connectivity index (χ4n) is 1.36. The predicted molar refractivity (Wildman–Crippen MR) is 58.6 cm³/mol. The largest absolute Gasteiger partial charge is 0.333 e. The van der Waals surface area contributed by atoms with Gasteiger partial charge in [0, 0.05) is 6.20 Å². The van der Waals surface area contributed by atoms with Crippen LogP contribution >= 0.6 is 0 Å². The standard InChI is InChI=1S/C11H7N5O/c1-2-5-12-9(3-1)10-15-11(17-16-10)8-4-6-13-14-7-8/h1-7H. The Morgan fingerprint density at radius 1 is 1.00 bits per heavy atom. The maximum atomic E-state index is 5.14. The highest BCUT2D eigenvalue weighted by molar-refractivity contribution is 5.55. The third-order valence-electron chi connectivity index (χ3n) is 2.15. The van der Waals surface area contributed by atoms with E-state index in [1.807, 2.05) is 18.2 Å². The van der Waals surface area contributed by atoms with Gasteiger partial charge in [-0.2, -0.15) is 15.2 Å². The van der Waals surface area contributed by atoms with Crippen molar-refractivity contribution in [3.05, 3.63) is 42.9 Å². The molecule has 0 N–H and O–H groups in total. The molecule has 82 valence electrons. The van der Waals surface area contributed by atoms with E-state index in [-0.39, 0.29) is 0 Å². The van der Waals surface area contributed by atoms with Crippen LogP contribution in [0.4, 0.5) is 0 Å². The van der Waals surface area contributed by atoms with Gasteiger partial charge < -0.3 is 4.52 Å². The monoisotopic (exact) mass is 225 g/mol. The molecule has 0 saturated carbocycles. The van der Waals surface area contributed by atoms with Crippen molar-refractivity contribution in [3.63, 3.8) is 0 Å². The molecule has 0 aromatic carbocycles. The SMILES string of the molecule is c1ccc(-c2noc(-c3ccnnc3)n2)nc1. The van der Waals surface area contributed by atoms with Crippen LogP contribution in [-0.4, -0.2) is 25.3 Å². The van der Waals surface area contributed by atoms with Crippen molar-refractivity contribution in [1.82, 2.24) is 25.3 Å². The summed E-state index contributed by atoms with van der Waals surface area (Å²) in [6.45, 7) is 0. The lowest BCUT2D eigenvalue weighted by Gasteiger charge is -1.90. The molecule has 0 aliphatic heterocycles. The van der Waals surface area contributed by atoms with Gasteiger partial charge >= 0.3 is 0 Å². The zero-order valence-corrected chi connectivity index (χ0v) is 8.69. The lowest BCUT2D eigenvalue weighted by Crippen LogP contribution is -1.85. The second-order valence-electron chi connectivity index (χ2n) is 3.27. The Kier molecular flexibility index (Phi) is 2.31. The van der Waals surface area contributed by atoms with Crippen LogP contribution in [0.25, 0.3) is 23.0 Å². The van der Waals surface area contributed by atoms with Crippen molar-refractivity contribution >= 4 is 0 Å². The van der Waals surface area contributed by atoms with Gasteiger partial charge in [-0.3, -0.25) is 4.98 Å². The Labute approximate surface area is 96.4 Å². The Hall–Kier alpha value is -2.63. The Morgan fingerprint density at radius 3 is 2.76 bits per heavy atom. The van der Waals surface area contributed by atoms with Crippen LogP contribution in [0.15, 0.2) is 47.4 Å². The fourth-order valence-corrected chi connectivity index (χ4v) is 1.36. The number of nitrogens with zero attached hydrogens (tertiary/aromatic N) is 5. The summed E-state index contributed by atoms with van der Waals surface area (Å²) in [4.78, 5) is 8.39. The molecule has 6 nitrogen and oxygen atoms in total. The second-order valence-corrected chi connectivity index (χ2v) is 3.27. The van der Waals surface area contributed by atoms with E-state index in [0.29, 0.717) is 17.4 Å². The highest BCUT2D eigenvalue weighted by Crippen LogP contribution is 2.19. The first kappa shape index (κ1) is 9.59. The molecular formula is C11H7N5O. The summed E-state index contributed by atoms with van der Waals surface area (Å²) in [7, 11) is 0. The average molecular weight is 225 g/mol. The van der Waals surface area contributed by atoms with Crippen molar-refractivity contribution in [2.75, 3.05) is 0 Å². The summed E-state index contributed by atoms with van der Waals surface area (Å²) >= 11 is 0. The van der Waals surface area contributed by atoms with Crippen molar-refractivity contribution < 1.29 is 4.52 Å². The van der Waals surface area contributed by atoms with Crippen LogP contribution in [0, 0.1) is 0 Å². The minimum atomic E-state index is 0.403. The van der Waals surface area contributed by atoms with Gasteiger partial charge in [-0.1, -0.05) is 11.2 Å². The summed E-state index contributed by atoms with van der Waals surface area (Å²) in [6.07, 6.45) is 4.81. The van der Waals surface area contributed by atoms with Gasteiger partial charge in [0.2, 0.25) is 5.82 Å². The highest BCUT2D eigenvalue weighted by atomic mass is 16.5. The van der Waals surface area contributed by atoms with E-state index in [1.54, 1.807) is 24.7 Å². The van der Waals surface area contributed by atoms with E-state index >= 15 is 0 Å². The van der Waals surface area contributed by atoms with Crippen LogP contribution < -0.4 is 0 Å². The normalized spacial score (nSPS) is 10.4. The zero-order chi connectivity index (χ0) is 11.5. The van der Waals surface area contributed by atoms with E-state index in [2.05, 4.69) is 25.3 Å². The molecule has 0 fully saturated rings. The van der Waals surface area contributed by atoms with E-state index in [4.69, 9.17) is 4.52 Å². The molecule has 0 amide bonds. The smallest absolute Gasteiger partial charge is 0.259 e. The quantitative estimate of drug-likeness (QED) is 0.659. The van der Waals surface area contributed by atoms with Crippen LogP contribution in [0.2, 0.25) is 0 Å². The molecule has 6 heteroatoms. The van der Waals surface area contributed by atoms with Crippen LogP contribution in [-0.2, 0) is 0 Å². The summed E-state index contributed by atoms with van der Waals surface area (Å²) in [5.74, 6) is 0.859. The van der Waals surface area contributed by atoms with Crippen molar-refractivity contribution in [3.8, 4) is 23.0 Å². The van der Waals surface area contributed by atoms with Crippen molar-refractivity contribution in [1.29, 1.82) is 0 Å². The number of pyridine rings is 1. The lowest BCUT2D eigenvalue weighted by molar-refractivity contribution is 0.432. The predicted octanol–water partition coefficient (Wildman–Crippen LogP) is 1.59. The van der Waals surface area contributed by atoms with E-state index < -0.39 is 0 Å². The topological polar surface area (TPSA) is 77.6 Å². The Bertz CT molecular complexity index is 554. The molecule has 3 rings (SSSR count). The molecule has 0 aliphatic rings. The molecule has 0 spiro atoms. The van der Waals surface area contributed by atoms with Gasteiger partial charge in [0.15, 0.2) is 0 Å². The Morgan fingerprint density at radius 2 is 2.00 bits per heavy atom. The molecule has 0 saturated heterocycles. The third-order valence-corrected chi connectivity index (χ3v) is 2.15. The first-order chi connectivity index (χ1) is 8.43. The van der Waals surface area contributed by atoms with Gasteiger partial charge in [-0.15, -0.1) is 0 Å². The van der Waals surface area contributed by atoms with Gasteiger partial charge in [0.25, 0.3) is 5.89 Å². The van der Waals surface area contributed by atoms with Crippen LogP contribution in [0.3, 0.4) is 0 Å². The van der Waals surface area contributed by atoms with E-state index in [1.165, 1.54) is 0 Å². The molecule has 0 unspecified atom stereocenters. The molecule has 0 bridgehead atoms. The van der Waals surface area contributed by atoms with Crippen LogP contribution in [0.5, 0.6) is 0 Å². The molecule has 3 aromatic heterocycles. The number of rotatable bonds is 2. The van der Waals surface area contributed by atoms with Gasteiger partial charge in [0.1, 0.15) is 5.69 Å². The molecule has 3 aromatic rings. The summed E-state index contributed by atoms with van der Waals surface area (Å²) in [6, 6.07) is 7.27. The summed E-state index contributed by atoms with van der Waals surface area (Å²) < 4.78 is 5.14. The zero-order valence-electron chi connectivity index (χ0n) is 8.69. The molecule has 17 heavy (non-hydrogen) atoms. The second kappa shape index (κ2) is 4.09. The van der Waals surface area contributed by atoms with Crippen molar-refractivity contribution in [2.24, 2.45) is 0 Å². The third kappa shape index (κ3) is 1.87. The van der Waals surface area contributed by atoms with Gasteiger partial charge in [0.05, 0.1) is 18.0 Å². The van der Waals surface area contributed by atoms with Crippen molar-refractivity contribution in [2.45, 2.75) is 0 Å². The molecule has 0 radical (unpaired) electrons. The van der Waals surface area contributed by atoms with Gasteiger partial charge in [-0.25, -0.2) is 0 Å². The minimum Gasteiger partial charge on any atom is -0.333 e. The average Bonchev–Trinajstić information content (AvgIpc) is 2.90. The summed E-state index contributed by atoms with van der Waals surface area (Å²) in [5.41, 5.74) is 1.40. The first-order valence-corrected chi connectivity index (χ1v) is 4.96. The Balaban J connectivity index is 1.99. The number of aromatic nitrogens is 5. The fraction of sp³-hybridized carbons (Fsp3) is 0. The number of hydrogen-bond acceptors (Lipinski definition) is 6. The maximum Gasteiger partial charge on any atom is 0.259 e. The molecule has 0 aliphatic carbocycles. The number of hydrogen-bond donors (Lipinski definition) is 0. The molecular weight excluding hydrogens is 218 g/mol. The lowest BCUT2D eigenvalue weighted by atomic mass is 10.3.